The summed E-state index contributed by atoms with van der Waals surface area (Å²) in [7, 11) is 0. The van der Waals surface area contributed by atoms with Crippen LogP contribution >= 0.6 is 0 Å². The highest BCUT2D eigenvalue weighted by atomic mass is 16.4. The summed E-state index contributed by atoms with van der Waals surface area (Å²) in [6.07, 6.45) is 20.9. The summed E-state index contributed by atoms with van der Waals surface area (Å²) in [6.45, 7) is 2.09. The van der Waals surface area contributed by atoms with Crippen molar-refractivity contribution in [1.29, 1.82) is 0 Å². The van der Waals surface area contributed by atoms with E-state index in [1.165, 1.54) is 0 Å². The molecule has 2 atom stereocenters. The van der Waals surface area contributed by atoms with Crippen LogP contribution in [0.4, 0.5) is 0 Å². The van der Waals surface area contributed by atoms with Crippen LogP contribution in [0.1, 0.15) is 45.4 Å². The second kappa shape index (κ2) is 16.0. The van der Waals surface area contributed by atoms with Crippen LogP contribution in [-0.4, -0.2) is 33.5 Å². The van der Waals surface area contributed by atoms with Gasteiger partial charge in [0.1, 0.15) is 0 Å². The fourth-order valence-electron chi connectivity index (χ4n) is 1.82. The maximum atomic E-state index is 10.3. The fourth-order valence-corrected chi connectivity index (χ4v) is 1.82. The lowest BCUT2D eigenvalue weighted by molar-refractivity contribution is -0.137. The van der Waals surface area contributed by atoms with E-state index >= 15 is 0 Å². The lowest BCUT2D eigenvalue weighted by atomic mass is 10.1. The monoisotopic (exact) mass is 334 g/mol. The van der Waals surface area contributed by atoms with E-state index in [1.54, 1.807) is 36.5 Å². The number of aliphatic hydroxyl groups is 2. The second-order valence-electron chi connectivity index (χ2n) is 5.40. The van der Waals surface area contributed by atoms with Crippen LogP contribution in [0.3, 0.4) is 0 Å². The predicted octanol–water partition coefficient (Wildman–Crippen LogP) is 3.93. The Morgan fingerprint density at radius 2 is 1.54 bits per heavy atom. The standard InChI is InChI=1S/C20H30O4/c1-2-3-4-5-6-9-13-18(21)14-10-7-8-11-15-19(22)16-12-17-20(23)24/h3-4,6-11,14-15,18-19,21-22H,2,5,12-13,16-17H2,1H3,(H,23,24)/b4-3+,8-7+,9-6+,14-10+,15-11-/t18-,19-/m1/s1. The fraction of sp³-hybridized carbons (Fsp3) is 0.450. The number of allylic oxidation sites excluding steroid dienone is 7. The highest BCUT2D eigenvalue weighted by Gasteiger charge is 2.01. The molecule has 3 N–H and O–H groups in total. The highest BCUT2D eigenvalue weighted by molar-refractivity contribution is 5.66. The summed E-state index contributed by atoms with van der Waals surface area (Å²) >= 11 is 0. The van der Waals surface area contributed by atoms with Gasteiger partial charge in [0.2, 0.25) is 0 Å². The van der Waals surface area contributed by atoms with E-state index in [9.17, 15) is 15.0 Å². The molecule has 0 rings (SSSR count). The first kappa shape index (κ1) is 22.1. The normalized spacial score (nSPS) is 15.5. The molecule has 0 radical (unpaired) electrons. The van der Waals surface area contributed by atoms with Crippen LogP contribution in [0.25, 0.3) is 0 Å². The van der Waals surface area contributed by atoms with Gasteiger partial charge < -0.3 is 15.3 Å². The average molecular weight is 334 g/mol. The molecule has 0 aliphatic carbocycles. The molecule has 0 heterocycles. The molecule has 0 aromatic heterocycles. The van der Waals surface area contributed by atoms with Crippen molar-refractivity contribution in [3.05, 3.63) is 60.8 Å². The molecule has 0 amide bonds. The number of rotatable bonds is 13. The zero-order valence-electron chi connectivity index (χ0n) is 14.4. The molecule has 0 aromatic rings. The van der Waals surface area contributed by atoms with E-state index < -0.39 is 18.2 Å². The summed E-state index contributed by atoms with van der Waals surface area (Å²) in [5.74, 6) is -0.845. The molecule has 0 unspecified atom stereocenters. The molecule has 24 heavy (non-hydrogen) atoms. The van der Waals surface area contributed by atoms with Gasteiger partial charge in [-0.1, -0.05) is 67.7 Å². The van der Waals surface area contributed by atoms with E-state index in [4.69, 9.17) is 5.11 Å². The quantitative estimate of drug-likeness (QED) is 0.352. The molecule has 0 aromatic carbocycles. The van der Waals surface area contributed by atoms with Gasteiger partial charge in [0.25, 0.3) is 0 Å². The van der Waals surface area contributed by atoms with E-state index in [0.717, 1.165) is 12.8 Å². The summed E-state index contributed by atoms with van der Waals surface area (Å²) in [5.41, 5.74) is 0. The zero-order chi connectivity index (χ0) is 18.0. The molecular weight excluding hydrogens is 304 g/mol. The summed E-state index contributed by atoms with van der Waals surface area (Å²) in [4.78, 5) is 10.3. The molecule has 4 heteroatoms. The van der Waals surface area contributed by atoms with Crippen molar-refractivity contribution in [2.45, 2.75) is 57.7 Å². The van der Waals surface area contributed by atoms with Gasteiger partial charge in [0, 0.05) is 6.42 Å². The van der Waals surface area contributed by atoms with E-state index in [0.29, 0.717) is 19.3 Å². The van der Waals surface area contributed by atoms with Crippen molar-refractivity contribution < 1.29 is 20.1 Å². The molecule has 0 aliphatic rings. The van der Waals surface area contributed by atoms with E-state index in [-0.39, 0.29) is 6.42 Å². The van der Waals surface area contributed by atoms with Crippen molar-refractivity contribution in [3.8, 4) is 0 Å². The van der Waals surface area contributed by atoms with Crippen LogP contribution in [-0.2, 0) is 4.79 Å². The van der Waals surface area contributed by atoms with Crippen molar-refractivity contribution in [1.82, 2.24) is 0 Å². The number of hydrogen-bond acceptors (Lipinski definition) is 3. The van der Waals surface area contributed by atoms with Gasteiger partial charge in [-0.2, -0.15) is 0 Å². The molecule has 134 valence electrons. The van der Waals surface area contributed by atoms with Crippen molar-refractivity contribution in [2.75, 3.05) is 0 Å². The van der Waals surface area contributed by atoms with Gasteiger partial charge in [-0.3, -0.25) is 4.79 Å². The van der Waals surface area contributed by atoms with Gasteiger partial charge in [0.05, 0.1) is 12.2 Å². The van der Waals surface area contributed by atoms with Gasteiger partial charge in [-0.05, 0) is 32.1 Å². The smallest absolute Gasteiger partial charge is 0.303 e. The molecule has 0 bridgehead atoms. The Balaban J connectivity index is 3.87. The second-order valence-corrected chi connectivity index (χ2v) is 5.40. The third kappa shape index (κ3) is 16.5. The molecular formula is C20H30O4. The number of carboxylic acids is 1. The summed E-state index contributed by atoms with van der Waals surface area (Å²) in [6, 6.07) is 0. The summed E-state index contributed by atoms with van der Waals surface area (Å²) in [5, 5.41) is 27.8. The SMILES string of the molecule is CC/C=C/C/C=C/C[C@@H](O)/C=C/C=C/C=C\[C@@H](O)CCCC(=O)O. The van der Waals surface area contributed by atoms with Crippen molar-refractivity contribution >= 4 is 5.97 Å². The van der Waals surface area contributed by atoms with E-state index in [2.05, 4.69) is 19.1 Å². The minimum atomic E-state index is -0.845. The Hall–Kier alpha value is -1.91. The maximum absolute atomic E-state index is 10.3. The average Bonchev–Trinajstić information content (AvgIpc) is 2.53. The maximum Gasteiger partial charge on any atom is 0.303 e. The van der Waals surface area contributed by atoms with Crippen molar-refractivity contribution in [2.24, 2.45) is 0 Å². The van der Waals surface area contributed by atoms with Crippen LogP contribution in [0.15, 0.2) is 60.8 Å². The number of aliphatic hydroxyl groups excluding tert-OH is 2. The van der Waals surface area contributed by atoms with Gasteiger partial charge in [-0.15, -0.1) is 0 Å². The predicted molar refractivity (Wildman–Crippen MR) is 98.7 cm³/mol. The lowest BCUT2D eigenvalue weighted by Crippen LogP contribution is -2.03. The third-order valence-corrected chi connectivity index (χ3v) is 3.11. The first-order valence-corrected chi connectivity index (χ1v) is 8.45. The van der Waals surface area contributed by atoms with Crippen LogP contribution in [0, 0.1) is 0 Å². The zero-order valence-corrected chi connectivity index (χ0v) is 14.4. The third-order valence-electron chi connectivity index (χ3n) is 3.11. The topological polar surface area (TPSA) is 77.8 Å². The van der Waals surface area contributed by atoms with Crippen LogP contribution in [0.2, 0.25) is 0 Å². The minimum Gasteiger partial charge on any atom is -0.481 e. The highest BCUT2D eigenvalue weighted by Crippen LogP contribution is 2.02. The van der Waals surface area contributed by atoms with Crippen LogP contribution < -0.4 is 0 Å². The molecule has 4 nitrogen and oxygen atoms in total. The summed E-state index contributed by atoms with van der Waals surface area (Å²) < 4.78 is 0. The van der Waals surface area contributed by atoms with Crippen LogP contribution in [0.5, 0.6) is 0 Å². The first-order valence-electron chi connectivity index (χ1n) is 8.45. The Morgan fingerprint density at radius 1 is 0.917 bits per heavy atom. The minimum absolute atomic E-state index is 0.0741. The molecule has 0 saturated heterocycles. The Bertz CT molecular complexity index is 458. The van der Waals surface area contributed by atoms with Gasteiger partial charge in [-0.25, -0.2) is 0 Å². The number of carbonyl (C=O) groups is 1. The molecule has 0 fully saturated rings. The Morgan fingerprint density at radius 3 is 2.17 bits per heavy atom. The molecule has 0 aliphatic heterocycles. The Labute approximate surface area is 145 Å². The first-order chi connectivity index (χ1) is 11.6. The van der Waals surface area contributed by atoms with Gasteiger partial charge in [0.15, 0.2) is 0 Å². The number of carboxylic acid groups (broad SMARTS) is 1. The lowest BCUT2D eigenvalue weighted by Gasteiger charge is -2.02. The van der Waals surface area contributed by atoms with E-state index in [1.807, 2.05) is 12.2 Å². The van der Waals surface area contributed by atoms with Gasteiger partial charge >= 0.3 is 5.97 Å². The van der Waals surface area contributed by atoms with Crippen molar-refractivity contribution in [3.63, 3.8) is 0 Å². The molecule has 0 saturated carbocycles. The largest absolute Gasteiger partial charge is 0.481 e. The molecule has 0 spiro atoms. The number of hydrogen-bond donors (Lipinski definition) is 3. The Kier molecular flexibility index (Phi) is 14.7. The number of aliphatic carboxylic acids is 1.